The van der Waals surface area contributed by atoms with E-state index >= 15 is 0 Å². The van der Waals surface area contributed by atoms with Gasteiger partial charge in [-0.1, -0.05) is 31.8 Å². The first-order chi connectivity index (χ1) is 9.20. The summed E-state index contributed by atoms with van der Waals surface area (Å²) in [5.41, 5.74) is 0. The average Bonchev–Trinajstić information content (AvgIpc) is 3.05. The molecule has 0 aliphatic heterocycles. The third-order valence-corrected chi connectivity index (χ3v) is 3.47. The maximum atomic E-state index is 9.20. The first-order valence-electron chi connectivity index (χ1n) is 7.14. The third-order valence-electron chi connectivity index (χ3n) is 3.47. The van der Waals surface area contributed by atoms with Crippen LogP contribution in [0, 0.1) is 0 Å². The molecule has 0 unspecified atom stereocenters. The SMILES string of the molecule is CC(C)NCc1nnc(N(CCO)C2CCCC2)o1. The van der Waals surface area contributed by atoms with Crippen LogP contribution in [-0.2, 0) is 6.54 Å². The second-order valence-electron chi connectivity index (χ2n) is 5.37. The summed E-state index contributed by atoms with van der Waals surface area (Å²) in [4.78, 5) is 2.05. The summed E-state index contributed by atoms with van der Waals surface area (Å²) in [5.74, 6) is 0.602. The second-order valence-corrected chi connectivity index (χ2v) is 5.37. The number of rotatable bonds is 7. The summed E-state index contributed by atoms with van der Waals surface area (Å²) in [5, 5.41) is 20.6. The van der Waals surface area contributed by atoms with E-state index in [1.807, 2.05) is 0 Å². The van der Waals surface area contributed by atoms with Crippen molar-refractivity contribution in [1.29, 1.82) is 0 Å². The third kappa shape index (κ3) is 3.91. The van der Waals surface area contributed by atoms with E-state index < -0.39 is 0 Å². The number of aromatic nitrogens is 2. The lowest BCUT2D eigenvalue weighted by atomic mass is 10.2. The highest BCUT2D eigenvalue weighted by molar-refractivity contribution is 5.27. The molecule has 6 heteroatoms. The minimum absolute atomic E-state index is 0.110. The Labute approximate surface area is 114 Å². The van der Waals surface area contributed by atoms with Crippen LogP contribution in [0.25, 0.3) is 0 Å². The van der Waals surface area contributed by atoms with Crippen LogP contribution in [0.1, 0.15) is 45.4 Å². The molecule has 0 atom stereocenters. The Hall–Kier alpha value is -1.14. The van der Waals surface area contributed by atoms with Crippen LogP contribution in [0.5, 0.6) is 0 Å². The van der Waals surface area contributed by atoms with Gasteiger partial charge < -0.3 is 19.7 Å². The quantitative estimate of drug-likeness (QED) is 0.776. The molecule has 1 aromatic rings. The summed E-state index contributed by atoms with van der Waals surface area (Å²) >= 11 is 0. The van der Waals surface area contributed by atoms with Crippen LogP contribution in [0.15, 0.2) is 4.42 Å². The van der Waals surface area contributed by atoms with E-state index in [0.717, 1.165) is 12.8 Å². The molecule has 0 aromatic carbocycles. The van der Waals surface area contributed by atoms with E-state index in [2.05, 4.69) is 34.3 Å². The number of nitrogens with one attached hydrogen (secondary N) is 1. The summed E-state index contributed by atoms with van der Waals surface area (Å²) in [7, 11) is 0. The highest BCUT2D eigenvalue weighted by Crippen LogP contribution is 2.27. The van der Waals surface area contributed by atoms with Gasteiger partial charge in [0.15, 0.2) is 0 Å². The van der Waals surface area contributed by atoms with Crippen molar-refractivity contribution < 1.29 is 9.52 Å². The van der Waals surface area contributed by atoms with Gasteiger partial charge in [0, 0.05) is 18.6 Å². The molecule has 108 valence electrons. The van der Waals surface area contributed by atoms with Gasteiger partial charge in [0.2, 0.25) is 5.89 Å². The molecule has 19 heavy (non-hydrogen) atoms. The first kappa shape index (κ1) is 14.3. The average molecular weight is 268 g/mol. The fourth-order valence-electron chi connectivity index (χ4n) is 2.48. The van der Waals surface area contributed by atoms with Crippen LogP contribution < -0.4 is 10.2 Å². The van der Waals surface area contributed by atoms with Gasteiger partial charge >= 0.3 is 6.01 Å². The van der Waals surface area contributed by atoms with Crippen molar-refractivity contribution >= 4 is 6.01 Å². The lowest BCUT2D eigenvalue weighted by molar-refractivity contribution is 0.292. The fraction of sp³-hybridized carbons (Fsp3) is 0.846. The van der Waals surface area contributed by atoms with Crippen LogP contribution in [0.2, 0.25) is 0 Å². The van der Waals surface area contributed by atoms with Gasteiger partial charge in [-0.15, -0.1) is 5.10 Å². The van der Waals surface area contributed by atoms with Crippen molar-refractivity contribution in [2.75, 3.05) is 18.1 Å². The zero-order chi connectivity index (χ0) is 13.7. The molecule has 0 radical (unpaired) electrons. The molecule has 1 heterocycles. The molecular formula is C13H24N4O2. The lowest BCUT2D eigenvalue weighted by Crippen LogP contribution is -2.35. The summed E-state index contributed by atoms with van der Waals surface area (Å²) in [6.07, 6.45) is 4.76. The molecule has 1 aliphatic rings. The van der Waals surface area contributed by atoms with E-state index in [1.54, 1.807) is 0 Å². The number of nitrogens with zero attached hydrogens (tertiary/aromatic N) is 3. The van der Waals surface area contributed by atoms with Gasteiger partial charge in [-0.2, -0.15) is 0 Å². The molecule has 0 bridgehead atoms. The molecule has 2 N–H and O–H groups in total. The summed E-state index contributed by atoms with van der Waals surface area (Å²) in [6, 6.07) is 1.36. The minimum atomic E-state index is 0.110. The molecule has 1 saturated carbocycles. The van der Waals surface area contributed by atoms with E-state index in [1.165, 1.54) is 12.8 Å². The molecule has 6 nitrogen and oxygen atoms in total. The van der Waals surface area contributed by atoms with Crippen molar-refractivity contribution in [3.8, 4) is 0 Å². The predicted molar refractivity (Wildman–Crippen MR) is 73.0 cm³/mol. The van der Waals surface area contributed by atoms with Crippen molar-refractivity contribution in [2.24, 2.45) is 0 Å². The van der Waals surface area contributed by atoms with Gasteiger partial charge in [-0.05, 0) is 12.8 Å². The second kappa shape index (κ2) is 6.86. The molecule has 1 aliphatic carbocycles. The van der Waals surface area contributed by atoms with Crippen LogP contribution >= 0.6 is 0 Å². The smallest absolute Gasteiger partial charge is 0.318 e. The van der Waals surface area contributed by atoms with Crippen molar-refractivity contribution in [2.45, 2.75) is 58.2 Å². The monoisotopic (exact) mass is 268 g/mol. The van der Waals surface area contributed by atoms with E-state index in [-0.39, 0.29) is 6.61 Å². The number of hydrogen-bond donors (Lipinski definition) is 2. The van der Waals surface area contributed by atoms with Gasteiger partial charge in [0.25, 0.3) is 0 Å². The highest BCUT2D eigenvalue weighted by atomic mass is 16.4. The molecule has 0 spiro atoms. The topological polar surface area (TPSA) is 74.4 Å². The summed E-state index contributed by atoms with van der Waals surface area (Å²) in [6.45, 7) is 5.41. The maximum Gasteiger partial charge on any atom is 0.318 e. The van der Waals surface area contributed by atoms with Crippen LogP contribution in [-0.4, -0.2) is 40.5 Å². The highest BCUT2D eigenvalue weighted by Gasteiger charge is 2.26. The van der Waals surface area contributed by atoms with E-state index in [4.69, 9.17) is 4.42 Å². The number of aliphatic hydroxyl groups excluding tert-OH is 1. The number of anilines is 1. The van der Waals surface area contributed by atoms with Crippen LogP contribution in [0.3, 0.4) is 0 Å². The molecule has 1 aromatic heterocycles. The fourth-order valence-corrected chi connectivity index (χ4v) is 2.48. The Kier molecular flexibility index (Phi) is 5.15. The van der Waals surface area contributed by atoms with E-state index in [0.29, 0.717) is 37.1 Å². The largest absolute Gasteiger partial charge is 0.407 e. The Morgan fingerprint density at radius 1 is 1.37 bits per heavy atom. The standard InChI is InChI=1S/C13H24N4O2/c1-10(2)14-9-12-15-16-13(19-12)17(7-8-18)11-5-3-4-6-11/h10-11,14,18H,3-9H2,1-2H3. The van der Waals surface area contributed by atoms with Gasteiger partial charge in [-0.3, -0.25) is 0 Å². The summed E-state index contributed by atoms with van der Waals surface area (Å²) < 4.78 is 5.69. The van der Waals surface area contributed by atoms with E-state index in [9.17, 15) is 5.11 Å². The molecular weight excluding hydrogens is 244 g/mol. The van der Waals surface area contributed by atoms with Gasteiger partial charge in [-0.25, -0.2) is 0 Å². The Morgan fingerprint density at radius 3 is 2.74 bits per heavy atom. The number of hydrogen-bond acceptors (Lipinski definition) is 6. The lowest BCUT2D eigenvalue weighted by Gasteiger charge is -2.25. The Bertz CT molecular complexity index is 374. The Balaban J connectivity index is 2.00. The van der Waals surface area contributed by atoms with Crippen LogP contribution in [0.4, 0.5) is 6.01 Å². The zero-order valence-corrected chi connectivity index (χ0v) is 11.8. The maximum absolute atomic E-state index is 9.20. The van der Waals surface area contributed by atoms with Gasteiger partial charge in [0.1, 0.15) is 0 Å². The number of aliphatic hydroxyl groups is 1. The van der Waals surface area contributed by atoms with Crippen molar-refractivity contribution in [3.05, 3.63) is 5.89 Å². The minimum Gasteiger partial charge on any atom is -0.407 e. The predicted octanol–water partition coefficient (Wildman–Crippen LogP) is 1.31. The normalized spacial score (nSPS) is 16.4. The Morgan fingerprint density at radius 2 is 2.11 bits per heavy atom. The zero-order valence-electron chi connectivity index (χ0n) is 11.8. The van der Waals surface area contributed by atoms with Crippen molar-refractivity contribution in [3.63, 3.8) is 0 Å². The van der Waals surface area contributed by atoms with Crippen molar-refractivity contribution in [1.82, 2.24) is 15.5 Å². The van der Waals surface area contributed by atoms with Gasteiger partial charge in [0.05, 0.1) is 13.2 Å². The molecule has 0 amide bonds. The molecule has 2 rings (SSSR count). The molecule has 1 fully saturated rings. The first-order valence-corrected chi connectivity index (χ1v) is 7.14. The molecule has 0 saturated heterocycles.